The number of rotatable bonds is 4. The first kappa shape index (κ1) is 19.4. The summed E-state index contributed by atoms with van der Waals surface area (Å²) in [5.74, 6) is 3.64. The largest absolute Gasteiger partial charge is 0.357 e. The number of nitrogens with zero attached hydrogens (tertiary/aromatic N) is 1. The van der Waals surface area contributed by atoms with Crippen LogP contribution < -0.4 is 16.5 Å². The number of likely N-dealkylation sites (N-methyl/N-ethyl adjacent to an activating group) is 2. The summed E-state index contributed by atoms with van der Waals surface area (Å²) in [6, 6.07) is 6.45. The Kier molecular flexibility index (Phi) is 5.35. The minimum atomic E-state index is -1.92. The van der Waals surface area contributed by atoms with E-state index >= 15 is 0 Å². The van der Waals surface area contributed by atoms with E-state index in [1.54, 1.807) is 24.3 Å². The Morgan fingerprint density at radius 3 is 2.27 bits per heavy atom. The molecule has 1 saturated carbocycles. The lowest BCUT2D eigenvalue weighted by Crippen LogP contribution is -2.64. The highest BCUT2D eigenvalue weighted by Gasteiger charge is 2.47. The molecule has 1 aromatic carbocycles. The molecule has 8 heteroatoms. The number of hydrogen-bond donors (Lipinski definition) is 4. The number of nitrogens with one attached hydrogen (secondary N) is 2. The molecule has 1 atom stereocenters. The van der Waals surface area contributed by atoms with Crippen molar-refractivity contribution >= 4 is 17.7 Å². The topological polar surface area (TPSA) is 125 Å². The van der Waals surface area contributed by atoms with Gasteiger partial charge in [-0.1, -0.05) is 11.8 Å². The predicted octanol–water partition coefficient (Wildman–Crippen LogP) is -0.388. The molecule has 5 N–H and O–H groups in total. The van der Waals surface area contributed by atoms with Crippen LogP contribution >= 0.6 is 0 Å². The summed E-state index contributed by atoms with van der Waals surface area (Å²) < 4.78 is 0. The number of carbonyl (C=O) groups is 3. The summed E-state index contributed by atoms with van der Waals surface area (Å²) in [5, 5.41) is 11.3. The molecule has 1 unspecified atom stereocenters. The van der Waals surface area contributed by atoms with E-state index in [0.717, 1.165) is 17.7 Å². The molecule has 3 amide bonds. The van der Waals surface area contributed by atoms with Crippen molar-refractivity contribution < 1.29 is 19.6 Å². The SMILES string of the molecule is CNC(=O)C(C)(C(=O)NO)N(C)C(=O)c1ccc(C#CC2(N)CC2)cc1. The van der Waals surface area contributed by atoms with Gasteiger partial charge in [-0.3, -0.25) is 19.6 Å². The zero-order valence-electron chi connectivity index (χ0n) is 14.9. The molecule has 1 aliphatic carbocycles. The van der Waals surface area contributed by atoms with E-state index in [1.165, 1.54) is 26.5 Å². The second kappa shape index (κ2) is 7.15. The quantitative estimate of drug-likeness (QED) is 0.253. The maximum Gasteiger partial charge on any atom is 0.278 e. The molecule has 1 fully saturated rings. The average molecular weight is 358 g/mol. The molecule has 0 aromatic heterocycles. The van der Waals surface area contributed by atoms with E-state index in [2.05, 4.69) is 17.2 Å². The van der Waals surface area contributed by atoms with Gasteiger partial charge < -0.3 is 16.0 Å². The lowest BCUT2D eigenvalue weighted by molar-refractivity contribution is -0.148. The third kappa shape index (κ3) is 3.69. The molecule has 0 spiro atoms. The summed E-state index contributed by atoms with van der Waals surface area (Å²) in [4.78, 5) is 37.8. The number of hydrogen-bond acceptors (Lipinski definition) is 5. The van der Waals surface area contributed by atoms with Crippen molar-refractivity contribution in [2.75, 3.05) is 14.1 Å². The van der Waals surface area contributed by atoms with Gasteiger partial charge in [-0.2, -0.15) is 0 Å². The van der Waals surface area contributed by atoms with Crippen molar-refractivity contribution in [1.82, 2.24) is 15.7 Å². The van der Waals surface area contributed by atoms with Crippen LogP contribution in [0.25, 0.3) is 0 Å². The van der Waals surface area contributed by atoms with Crippen molar-refractivity contribution in [1.29, 1.82) is 0 Å². The van der Waals surface area contributed by atoms with Crippen LogP contribution in [0.3, 0.4) is 0 Å². The maximum absolute atomic E-state index is 12.7. The summed E-state index contributed by atoms with van der Waals surface area (Å²) in [7, 11) is 2.65. The maximum atomic E-state index is 12.7. The van der Waals surface area contributed by atoms with Gasteiger partial charge in [0.2, 0.25) is 0 Å². The monoisotopic (exact) mass is 358 g/mol. The second-order valence-electron chi connectivity index (χ2n) is 6.44. The fourth-order valence-electron chi connectivity index (χ4n) is 2.31. The minimum absolute atomic E-state index is 0.271. The Morgan fingerprint density at radius 2 is 1.81 bits per heavy atom. The first-order valence-electron chi connectivity index (χ1n) is 8.05. The predicted molar refractivity (Wildman–Crippen MR) is 94.0 cm³/mol. The fourth-order valence-corrected chi connectivity index (χ4v) is 2.31. The van der Waals surface area contributed by atoms with E-state index in [4.69, 9.17) is 10.9 Å². The molecule has 1 aromatic rings. The highest BCUT2D eigenvalue weighted by Crippen LogP contribution is 2.31. The summed E-state index contributed by atoms with van der Waals surface area (Å²) in [6.07, 6.45) is 1.76. The minimum Gasteiger partial charge on any atom is -0.357 e. The van der Waals surface area contributed by atoms with Crippen molar-refractivity contribution in [2.24, 2.45) is 5.73 Å². The Bertz CT molecular complexity index is 772. The van der Waals surface area contributed by atoms with Gasteiger partial charge in [-0.15, -0.1) is 0 Å². The van der Waals surface area contributed by atoms with E-state index < -0.39 is 23.3 Å². The zero-order valence-corrected chi connectivity index (χ0v) is 14.9. The third-order valence-electron chi connectivity index (χ3n) is 4.56. The van der Waals surface area contributed by atoms with Crippen molar-refractivity contribution in [3.05, 3.63) is 35.4 Å². The third-order valence-corrected chi connectivity index (χ3v) is 4.56. The Labute approximate surface area is 151 Å². The van der Waals surface area contributed by atoms with Crippen molar-refractivity contribution in [3.63, 3.8) is 0 Å². The van der Waals surface area contributed by atoms with E-state index in [9.17, 15) is 14.4 Å². The molecule has 26 heavy (non-hydrogen) atoms. The number of hydroxylamine groups is 1. The Balaban J connectivity index is 2.24. The number of benzene rings is 1. The molecule has 0 saturated heterocycles. The van der Waals surface area contributed by atoms with Crippen molar-refractivity contribution in [3.8, 4) is 11.8 Å². The van der Waals surface area contributed by atoms with Gasteiger partial charge >= 0.3 is 0 Å². The molecule has 0 aliphatic heterocycles. The average Bonchev–Trinajstić information content (AvgIpc) is 3.41. The van der Waals surface area contributed by atoms with Crippen LogP contribution in [0.15, 0.2) is 24.3 Å². The summed E-state index contributed by atoms with van der Waals surface area (Å²) in [5.41, 5.74) is 6.02. The normalized spacial score (nSPS) is 16.3. The summed E-state index contributed by atoms with van der Waals surface area (Å²) >= 11 is 0. The van der Waals surface area contributed by atoms with Gasteiger partial charge in [0.25, 0.3) is 17.7 Å². The molecule has 8 nitrogen and oxygen atoms in total. The molecule has 138 valence electrons. The fraction of sp³-hybridized carbons (Fsp3) is 0.389. The molecular weight excluding hydrogens is 336 g/mol. The lowest BCUT2D eigenvalue weighted by Gasteiger charge is -2.34. The van der Waals surface area contributed by atoms with Crippen LogP contribution in [0.5, 0.6) is 0 Å². The highest BCUT2D eigenvalue weighted by atomic mass is 16.5. The smallest absolute Gasteiger partial charge is 0.278 e. The number of amides is 3. The molecular formula is C18H22N4O4. The first-order chi connectivity index (χ1) is 12.2. The van der Waals surface area contributed by atoms with Gasteiger partial charge in [0, 0.05) is 25.2 Å². The number of carbonyl (C=O) groups excluding carboxylic acids is 3. The molecule has 0 heterocycles. The zero-order chi connectivity index (χ0) is 19.5. The van der Waals surface area contributed by atoms with E-state index in [0.29, 0.717) is 5.56 Å². The first-order valence-corrected chi connectivity index (χ1v) is 8.05. The van der Waals surface area contributed by atoms with Crippen LogP contribution in [0, 0.1) is 11.8 Å². The Hall–Kier alpha value is -2.89. The number of nitrogens with two attached hydrogens (primary N) is 1. The lowest BCUT2D eigenvalue weighted by atomic mass is 9.96. The van der Waals surface area contributed by atoms with Gasteiger partial charge in [-0.25, -0.2) is 5.48 Å². The van der Waals surface area contributed by atoms with Crippen LogP contribution in [0.2, 0.25) is 0 Å². The van der Waals surface area contributed by atoms with Gasteiger partial charge in [0.15, 0.2) is 5.54 Å². The molecule has 0 radical (unpaired) electrons. The van der Waals surface area contributed by atoms with Gasteiger partial charge in [0.1, 0.15) is 0 Å². The Morgan fingerprint density at radius 1 is 1.23 bits per heavy atom. The van der Waals surface area contributed by atoms with Crippen LogP contribution in [-0.2, 0) is 9.59 Å². The molecule has 2 rings (SSSR count). The molecule has 0 bridgehead atoms. The van der Waals surface area contributed by atoms with Gasteiger partial charge in [0.05, 0.1) is 5.54 Å². The second-order valence-corrected chi connectivity index (χ2v) is 6.44. The summed E-state index contributed by atoms with van der Waals surface area (Å²) in [6.45, 7) is 1.24. The van der Waals surface area contributed by atoms with Gasteiger partial charge in [-0.05, 0) is 44.0 Å². The van der Waals surface area contributed by atoms with Crippen molar-refractivity contribution in [2.45, 2.75) is 30.8 Å². The van der Waals surface area contributed by atoms with E-state index in [-0.39, 0.29) is 11.1 Å². The highest BCUT2D eigenvalue weighted by molar-refractivity contribution is 6.12. The van der Waals surface area contributed by atoms with Crippen LogP contribution in [-0.4, -0.2) is 53.0 Å². The molecule has 1 aliphatic rings. The standard InChI is InChI=1S/C18H22N4O4/c1-17(15(24)20-2,16(25)21-26)22(3)14(23)13-6-4-12(5-7-13)8-9-18(19)10-11-18/h4-7,26H,10-11,19H2,1-3H3,(H,20,24)(H,21,25). The van der Waals surface area contributed by atoms with Crippen LogP contribution in [0.1, 0.15) is 35.7 Å². The van der Waals surface area contributed by atoms with E-state index in [1.807, 2.05) is 0 Å². The van der Waals surface area contributed by atoms with Crippen LogP contribution in [0.4, 0.5) is 0 Å².